The first-order valence-electron chi connectivity index (χ1n) is 7.87. The van der Waals surface area contributed by atoms with E-state index in [9.17, 15) is 4.79 Å². The van der Waals surface area contributed by atoms with E-state index in [2.05, 4.69) is 25.7 Å². The van der Waals surface area contributed by atoms with Crippen molar-refractivity contribution in [3.8, 4) is 0 Å². The van der Waals surface area contributed by atoms with Crippen LogP contribution in [0.3, 0.4) is 0 Å². The zero-order chi connectivity index (χ0) is 15.4. The SMILES string of the molecule is CNC(=O)c1ccc(N2CCNCCC23CCOCC3)nn1. The summed E-state index contributed by atoms with van der Waals surface area (Å²) in [5, 5.41) is 14.4. The van der Waals surface area contributed by atoms with Crippen LogP contribution in [0.2, 0.25) is 0 Å². The number of carbonyl (C=O) groups excluding carboxylic acids is 1. The summed E-state index contributed by atoms with van der Waals surface area (Å²) in [6, 6.07) is 3.65. The molecule has 0 bridgehead atoms. The molecule has 3 heterocycles. The van der Waals surface area contributed by atoms with Gasteiger partial charge in [0.05, 0.1) is 0 Å². The third-order valence-electron chi connectivity index (χ3n) is 4.66. The first-order valence-corrected chi connectivity index (χ1v) is 7.87. The molecule has 0 unspecified atom stereocenters. The Hall–Kier alpha value is -1.73. The molecule has 0 atom stereocenters. The van der Waals surface area contributed by atoms with E-state index in [-0.39, 0.29) is 11.4 Å². The molecule has 0 radical (unpaired) electrons. The highest BCUT2D eigenvalue weighted by Crippen LogP contribution is 2.34. The second kappa shape index (κ2) is 6.58. The third kappa shape index (κ3) is 2.91. The van der Waals surface area contributed by atoms with E-state index in [4.69, 9.17) is 4.74 Å². The Morgan fingerprint density at radius 2 is 2.09 bits per heavy atom. The molecule has 22 heavy (non-hydrogen) atoms. The lowest BCUT2D eigenvalue weighted by molar-refractivity contribution is 0.0485. The molecule has 0 saturated carbocycles. The van der Waals surface area contributed by atoms with Gasteiger partial charge in [-0.25, -0.2) is 0 Å². The summed E-state index contributed by atoms with van der Waals surface area (Å²) in [4.78, 5) is 14.0. The van der Waals surface area contributed by atoms with Crippen molar-refractivity contribution in [3.05, 3.63) is 17.8 Å². The Bertz CT molecular complexity index is 513. The molecule has 0 aliphatic carbocycles. The summed E-state index contributed by atoms with van der Waals surface area (Å²) in [6.45, 7) is 4.43. The van der Waals surface area contributed by atoms with Crippen molar-refractivity contribution in [2.45, 2.75) is 24.8 Å². The average Bonchev–Trinajstić information content (AvgIpc) is 2.77. The summed E-state index contributed by atoms with van der Waals surface area (Å²) in [5.74, 6) is 0.635. The molecule has 1 aromatic heterocycles. The van der Waals surface area contributed by atoms with E-state index in [0.717, 1.165) is 57.9 Å². The second-order valence-electron chi connectivity index (χ2n) is 5.84. The van der Waals surface area contributed by atoms with E-state index < -0.39 is 0 Å². The number of anilines is 1. The molecule has 120 valence electrons. The number of ether oxygens (including phenoxy) is 1. The Kier molecular flexibility index (Phi) is 4.54. The van der Waals surface area contributed by atoms with Crippen molar-refractivity contribution in [2.24, 2.45) is 0 Å². The van der Waals surface area contributed by atoms with Crippen LogP contribution in [-0.4, -0.2) is 61.5 Å². The van der Waals surface area contributed by atoms with E-state index >= 15 is 0 Å². The summed E-state index contributed by atoms with van der Waals surface area (Å²) >= 11 is 0. The Balaban J connectivity index is 1.87. The Morgan fingerprint density at radius 3 is 2.77 bits per heavy atom. The molecule has 2 saturated heterocycles. The summed E-state index contributed by atoms with van der Waals surface area (Å²) < 4.78 is 5.55. The second-order valence-corrected chi connectivity index (χ2v) is 5.84. The Morgan fingerprint density at radius 1 is 1.27 bits per heavy atom. The highest BCUT2D eigenvalue weighted by Gasteiger charge is 2.40. The van der Waals surface area contributed by atoms with Gasteiger partial charge in [0.25, 0.3) is 5.91 Å². The summed E-state index contributed by atoms with van der Waals surface area (Å²) in [5.41, 5.74) is 0.436. The van der Waals surface area contributed by atoms with Crippen LogP contribution in [0.4, 0.5) is 5.82 Å². The molecule has 0 aromatic carbocycles. The van der Waals surface area contributed by atoms with Gasteiger partial charge in [0.2, 0.25) is 0 Å². The van der Waals surface area contributed by atoms with E-state index in [0.29, 0.717) is 5.69 Å². The van der Waals surface area contributed by atoms with E-state index in [1.54, 1.807) is 13.1 Å². The zero-order valence-corrected chi connectivity index (χ0v) is 13.0. The molecule has 1 amide bonds. The lowest BCUT2D eigenvalue weighted by Gasteiger charge is -2.45. The fourth-order valence-corrected chi connectivity index (χ4v) is 3.36. The standard InChI is InChI=1S/C15H23N5O2/c1-16-14(21)12-2-3-13(19-18-12)20-9-8-17-7-4-15(20)5-10-22-11-6-15/h2-3,17H,4-11H2,1H3,(H,16,21). The fraction of sp³-hybridized carbons (Fsp3) is 0.667. The van der Waals surface area contributed by atoms with Gasteiger partial charge in [-0.1, -0.05) is 0 Å². The largest absolute Gasteiger partial charge is 0.381 e. The Labute approximate surface area is 130 Å². The third-order valence-corrected chi connectivity index (χ3v) is 4.66. The molecule has 2 fully saturated rings. The maximum atomic E-state index is 11.6. The van der Waals surface area contributed by atoms with Crippen molar-refractivity contribution < 1.29 is 9.53 Å². The van der Waals surface area contributed by atoms with Crippen LogP contribution in [-0.2, 0) is 4.74 Å². The number of carbonyl (C=O) groups is 1. The molecule has 7 nitrogen and oxygen atoms in total. The van der Waals surface area contributed by atoms with Gasteiger partial charge in [0, 0.05) is 38.9 Å². The lowest BCUT2D eigenvalue weighted by Crippen LogP contribution is -2.53. The topological polar surface area (TPSA) is 79.4 Å². The van der Waals surface area contributed by atoms with E-state index in [1.165, 1.54) is 0 Å². The van der Waals surface area contributed by atoms with Crippen LogP contribution < -0.4 is 15.5 Å². The maximum Gasteiger partial charge on any atom is 0.271 e. The van der Waals surface area contributed by atoms with Crippen LogP contribution in [0.25, 0.3) is 0 Å². The minimum atomic E-state index is -0.211. The van der Waals surface area contributed by atoms with E-state index in [1.807, 2.05) is 6.07 Å². The smallest absolute Gasteiger partial charge is 0.271 e. The molecule has 2 aliphatic heterocycles. The minimum Gasteiger partial charge on any atom is -0.381 e. The van der Waals surface area contributed by atoms with Crippen molar-refractivity contribution >= 4 is 11.7 Å². The van der Waals surface area contributed by atoms with Crippen LogP contribution in [0.15, 0.2) is 12.1 Å². The molecule has 7 heteroatoms. The molecule has 2 aliphatic rings. The number of aromatic nitrogens is 2. The number of hydrogen-bond donors (Lipinski definition) is 2. The maximum absolute atomic E-state index is 11.6. The monoisotopic (exact) mass is 305 g/mol. The molecule has 1 spiro atoms. The normalized spacial score (nSPS) is 21.4. The zero-order valence-electron chi connectivity index (χ0n) is 13.0. The minimum absolute atomic E-state index is 0.0883. The lowest BCUT2D eigenvalue weighted by atomic mass is 9.85. The van der Waals surface area contributed by atoms with Crippen LogP contribution in [0, 0.1) is 0 Å². The van der Waals surface area contributed by atoms with Gasteiger partial charge < -0.3 is 20.3 Å². The first-order chi connectivity index (χ1) is 10.7. The number of hydrogen-bond acceptors (Lipinski definition) is 6. The number of amides is 1. The number of nitrogens with zero attached hydrogens (tertiary/aromatic N) is 3. The van der Waals surface area contributed by atoms with Crippen LogP contribution in [0.5, 0.6) is 0 Å². The van der Waals surface area contributed by atoms with Gasteiger partial charge in [-0.3, -0.25) is 4.79 Å². The van der Waals surface area contributed by atoms with Crippen molar-refractivity contribution in [3.63, 3.8) is 0 Å². The fourth-order valence-electron chi connectivity index (χ4n) is 3.36. The highest BCUT2D eigenvalue weighted by atomic mass is 16.5. The van der Waals surface area contributed by atoms with Gasteiger partial charge in [0.1, 0.15) is 0 Å². The van der Waals surface area contributed by atoms with Gasteiger partial charge in [0.15, 0.2) is 11.5 Å². The number of rotatable bonds is 2. The molecule has 1 aromatic rings. The summed E-state index contributed by atoms with van der Waals surface area (Å²) in [6.07, 6.45) is 3.09. The van der Waals surface area contributed by atoms with Crippen LogP contribution in [0.1, 0.15) is 29.8 Å². The average molecular weight is 305 g/mol. The van der Waals surface area contributed by atoms with Gasteiger partial charge in [-0.15, -0.1) is 10.2 Å². The molecular weight excluding hydrogens is 282 g/mol. The molecule has 3 rings (SSSR count). The van der Waals surface area contributed by atoms with Gasteiger partial charge in [-0.2, -0.15) is 0 Å². The molecule has 2 N–H and O–H groups in total. The van der Waals surface area contributed by atoms with Crippen molar-refractivity contribution in [2.75, 3.05) is 44.8 Å². The van der Waals surface area contributed by atoms with Crippen molar-refractivity contribution in [1.29, 1.82) is 0 Å². The van der Waals surface area contributed by atoms with Crippen molar-refractivity contribution in [1.82, 2.24) is 20.8 Å². The highest BCUT2D eigenvalue weighted by molar-refractivity contribution is 5.91. The first kappa shape index (κ1) is 15.2. The quantitative estimate of drug-likeness (QED) is 0.812. The predicted molar refractivity (Wildman–Crippen MR) is 83.0 cm³/mol. The number of nitrogens with one attached hydrogen (secondary N) is 2. The van der Waals surface area contributed by atoms with Gasteiger partial charge >= 0.3 is 0 Å². The molecular formula is C15H23N5O2. The van der Waals surface area contributed by atoms with Gasteiger partial charge in [-0.05, 0) is 37.9 Å². The summed E-state index contributed by atoms with van der Waals surface area (Å²) in [7, 11) is 1.59. The predicted octanol–water partition coefficient (Wildman–Crippen LogP) is 0.185. The van der Waals surface area contributed by atoms with Crippen LogP contribution >= 0.6 is 0 Å².